The zero-order valence-electron chi connectivity index (χ0n) is 14.1. The molecule has 0 saturated carbocycles. The fraction of sp³-hybridized carbons (Fsp3) is 0.588. The molecule has 0 spiro atoms. The van der Waals surface area contributed by atoms with Crippen LogP contribution in [0.1, 0.15) is 51.6 Å². The van der Waals surface area contributed by atoms with Gasteiger partial charge in [-0.1, -0.05) is 0 Å². The monoisotopic (exact) mass is 318 g/mol. The summed E-state index contributed by atoms with van der Waals surface area (Å²) < 4.78 is 0. The molecule has 6 heteroatoms. The summed E-state index contributed by atoms with van der Waals surface area (Å²) in [5.74, 6) is -0.0103. The van der Waals surface area contributed by atoms with Crippen molar-refractivity contribution in [2.75, 3.05) is 6.54 Å². The van der Waals surface area contributed by atoms with Crippen molar-refractivity contribution in [3.05, 3.63) is 30.1 Å². The summed E-state index contributed by atoms with van der Waals surface area (Å²) in [7, 11) is 0. The van der Waals surface area contributed by atoms with Gasteiger partial charge in [0.15, 0.2) is 0 Å². The number of carbonyl (C=O) groups is 2. The maximum absolute atomic E-state index is 12.5. The smallest absolute Gasteiger partial charge is 0.315 e. The van der Waals surface area contributed by atoms with Gasteiger partial charge in [-0.25, -0.2) is 4.79 Å². The van der Waals surface area contributed by atoms with Crippen molar-refractivity contribution in [1.82, 2.24) is 20.5 Å². The van der Waals surface area contributed by atoms with Crippen LogP contribution in [0.3, 0.4) is 0 Å². The van der Waals surface area contributed by atoms with Gasteiger partial charge in [0, 0.05) is 25.0 Å². The predicted octanol–water partition coefficient (Wildman–Crippen LogP) is 2.23. The normalized spacial score (nSPS) is 20.5. The number of carbonyl (C=O) groups excluding carboxylic acids is 2. The molecule has 3 atom stereocenters. The first-order chi connectivity index (χ1) is 11.0. The Morgan fingerprint density at radius 1 is 1.22 bits per heavy atom. The molecule has 0 unspecified atom stereocenters. The Labute approximate surface area is 137 Å². The van der Waals surface area contributed by atoms with E-state index in [1.165, 1.54) is 0 Å². The second-order valence-corrected chi connectivity index (χ2v) is 6.22. The number of amides is 3. The molecule has 1 aromatic heterocycles. The molecular weight excluding hydrogens is 292 g/mol. The van der Waals surface area contributed by atoms with Crippen LogP contribution in [0.4, 0.5) is 4.79 Å². The van der Waals surface area contributed by atoms with E-state index in [0.29, 0.717) is 0 Å². The zero-order valence-corrected chi connectivity index (χ0v) is 14.1. The lowest BCUT2D eigenvalue weighted by Gasteiger charge is -2.35. The molecule has 3 amide bonds. The van der Waals surface area contributed by atoms with E-state index < -0.39 is 6.04 Å². The van der Waals surface area contributed by atoms with Crippen LogP contribution in [-0.2, 0) is 4.79 Å². The third-order valence-corrected chi connectivity index (χ3v) is 4.36. The molecule has 2 heterocycles. The number of nitrogens with one attached hydrogen (secondary N) is 2. The standard InChI is InChI=1S/C17H26N4O2/c1-12-6-4-5-11-21(12)16(22)14(3)20-17(23)19-13(2)15-7-9-18-10-8-15/h7-10,12-14H,4-6,11H2,1-3H3,(H2,19,20,23)/t12-,13-,14+/m1/s1. The minimum atomic E-state index is -0.528. The Morgan fingerprint density at radius 3 is 2.57 bits per heavy atom. The lowest BCUT2D eigenvalue weighted by Crippen LogP contribution is -2.53. The lowest BCUT2D eigenvalue weighted by molar-refractivity contribution is -0.136. The molecule has 2 rings (SSSR count). The first-order valence-corrected chi connectivity index (χ1v) is 8.26. The van der Waals surface area contributed by atoms with E-state index >= 15 is 0 Å². The predicted molar refractivity (Wildman–Crippen MR) is 88.8 cm³/mol. The van der Waals surface area contributed by atoms with Gasteiger partial charge in [0.25, 0.3) is 0 Å². The summed E-state index contributed by atoms with van der Waals surface area (Å²) in [6.07, 6.45) is 6.61. The van der Waals surface area contributed by atoms with Gasteiger partial charge >= 0.3 is 6.03 Å². The summed E-state index contributed by atoms with van der Waals surface area (Å²) in [6, 6.07) is 2.96. The number of rotatable bonds is 4. The lowest BCUT2D eigenvalue weighted by atomic mass is 10.0. The molecular formula is C17H26N4O2. The number of likely N-dealkylation sites (tertiary alicyclic amines) is 1. The van der Waals surface area contributed by atoms with Gasteiger partial charge in [-0.3, -0.25) is 9.78 Å². The van der Waals surface area contributed by atoms with Crippen LogP contribution in [0.15, 0.2) is 24.5 Å². The molecule has 6 nitrogen and oxygen atoms in total. The maximum Gasteiger partial charge on any atom is 0.315 e. The fourth-order valence-corrected chi connectivity index (χ4v) is 2.91. The van der Waals surface area contributed by atoms with Crippen LogP contribution in [0.25, 0.3) is 0 Å². The van der Waals surface area contributed by atoms with Gasteiger partial charge in [0.05, 0.1) is 6.04 Å². The molecule has 2 N–H and O–H groups in total. The highest BCUT2D eigenvalue weighted by molar-refractivity contribution is 5.87. The summed E-state index contributed by atoms with van der Waals surface area (Å²) in [6.45, 7) is 6.48. The van der Waals surface area contributed by atoms with Crippen LogP contribution in [0.5, 0.6) is 0 Å². The van der Waals surface area contributed by atoms with E-state index in [-0.39, 0.29) is 24.0 Å². The molecule has 1 aliphatic heterocycles. The highest BCUT2D eigenvalue weighted by Crippen LogP contribution is 2.17. The van der Waals surface area contributed by atoms with Gasteiger partial charge < -0.3 is 15.5 Å². The van der Waals surface area contributed by atoms with Crippen LogP contribution in [0.2, 0.25) is 0 Å². The van der Waals surface area contributed by atoms with Crippen molar-refractivity contribution < 1.29 is 9.59 Å². The molecule has 0 aromatic carbocycles. The first kappa shape index (κ1) is 17.2. The molecule has 0 bridgehead atoms. The van der Waals surface area contributed by atoms with E-state index in [0.717, 1.165) is 31.4 Å². The van der Waals surface area contributed by atoms with Gasteiger partial charge in [0.1, 0.15) is 6.04 Å². The second-order valence-electron chi connectivity index (χ2n) is 6.22. The Morgan fingerprint density at radius 2 is 1.91 bits per heavy atom. The van der Waals surface area contributed by atoms with Crippen molar-refractivity contribution in [2.24, 2.45) is 0 Å². The molecule has 126 valence electrons. The van der Waals surface area contributed by atoms with E-state index in [2.05, 4.69) is 22.5 Å². The number of piperidine rings is 1. The quantitative estimate of drug-likeness (QED) is 0.894. The van der Waals surface area contributed by atoms with Crippen molar-refractivity contribution in [3.63, 3.8) is 0 Å². The van der Waals surface area contributed by atoms with Crippen LogP contribution >= 0.6 is 0 Å². The summed E-state index contributed by atoms with van der Waals surface area (Å²) in [5, 5.41) is 5.59. The van der Waals surface area contributed by atoms with Gasteiger partial charge in [-0.05, 0) is 57.7 Å². The van der Waals surface area contributed by atoms with Crippen molar-refractivity contribution in [2.45, 2.75) is 58.2 Å². The van der Waals surface area contributed by atoms with E-state index in [4.69, 9.17) is 0 Å². The second kappa shape index (κ2) is 7.94. The minimum absolute atomic E-state index is 0.0103. The van der Waals surface area contributed by atoms with Crippen molar-refractivity contribution in [1.29, 1.82) is 0 Å². The summed E-state index contributed by atoms with van der Waals surface area (Å²) >= 11 is 0. The average Bonchev–Trinajstić information content (AvgIpc) is 2.55. The Kier molecular flexibility index (Phi) is 5.96. The first-order valence-electron chi connectivity index (χ1n) is 8.26. The maximum atomic E-state index is 12.5. The zero-order chi connectivity index (χ0) is 16.8. The average molecular weight is 318 g/mol. The summed E-state index contributed by atoms with van der Waals surface area (Å²) in [4.78, 5) is 30.4. The third kappa shape index (κ3) is 4.68. The number of nitrogens with zero attached hydrogens (tertiary/aromatic N) is 2. The number of aromatic nitrogens is 1. The topological polar surface area (TPSA) is 74.3 Å². The minimum Gasteiger partial charge on any atom is -0.338 e. The Balaban J connectivity index is 1.85. The SMILES string of the molecule is C[C@H](NC(=O)N[C@H](C)c1ccncc1)C(=O)N1CCCC[C@H]1C. The Hall–Kier alpha value is -2.11. The summed E-state index contributed by atoms with van der Waals surface area (Å²) in [5.41, 5.74) is 0.971. The van der Waals surface area contributed by atoms with Crippen molar-refractivity contribution in [3.8, 4) is 0 Å². The van der Waals surface area contributed by atoms with Crippen LogP contribution in [-0.4, -0.2) is 40.5 Å². The highest BCUT2D eigenvalue weighted by Gasteiger charge is 2.27. The van der Waals surface area contributed by atoms with E-state index in [1.54, 1.807) is 19.3 Å². The molecule has 1 aliphatic rings. The van der Waals surface area contributed by atoms with Crippen LogP contribution < -0.4 is 10.6 Å². The molecule has 1 aromatic rings. The van der Waals surface area contributed by atoms with Crippen LogP contribution in [0, 0.1) is 0 Å². The molecule has 23 heavy (non-hydrogen) atoms. The third-order valence-electron chi connectivity index (χ3n) is 4.36. The number of pyridine rings is 1. The number of urea groups is 1. The highest BCUT2D eigenvalue weighted by atomic mass is 16.2. The molecule has 0 radical (unpaired) electrons. The Bertz CT molecular complexity index is 535. The molecule has 1 saturated heterocycles. The fourth-order valence-electron chi connectivity index (χ4n) is 2.91. The van der Waals surface area contributed by atoms with E-state index in [1.807, 2.05) is 24.0 Å². The van der Waals surface area contributed by atoms with E-state index in [9.17, 15) is 9.59 Å². The number of hydrogen-bond donors (Lipinski definition) is 2. The largest absolute Gasteiger partial charge is 0.338 e. The van der Waals surface area contributed by atoms with Crippen molar-refractivity contribution >= 4 is 11.9 Å². The number of hydrogen-bond acceptors (Lipinski definition) is 3. The van der Waals surface area contributed by atoms with Gasteiger partial charge in [-0.2, -0.15) is 0 Å². The molecule has 1 fully saturated rings. The van der Waals surface area contributed by atoms with Gasteiger partial charge in [-0.15, -0.1) is 0 Å². The van der Waals surface area contributed by atoms with Gasteiger partial charge in [0.2, 0.25) is 5.91 Å². The molecule has 0 aliphatic carbocycles.